The number of nitrogens with zero attached hydrogens (tertiary/aromatic N) is 1. The molecule has 1 amide bonds. The highest BCUT2D eigenvalue weighted by Gasteiger charge is 2.53. The van der Waals surface area contributed by atoms with E-state index in [1.807, 2.05) is 18.7 Å². The van der Waals surface area contributed by atoms with Crippen LogP contribution in [0.25, 0.3) is 0 Å². The quantitative estimate of drug-likeness (QED) is 0.779. The molecule has 5 heteroatoms. The lowest BCUT2D eigenvalue weighted by Crippen LogP contribution is -2.56. The van der Waals surface area contributed by atoms with Crippen molar-refractivity contribution >= 4 is 11.7 Å². The number of hydrogen-bond donors (Lipinski definition) is 0. The molecule has 4 atom stereocenters. The highest BCUT2D eigenvalue weighted by molar-refractivity contribution is 5.90. The van der Waals surface area contributed by atoms with Crippen molar-refractivity contribution in [2.45, 2.75) is 58.1 Å². The molecule has 2 aliphatic rings. The highest BCUT2D eigenvalue weighted by atomic mass is 16.5. The highest BCUT2D eigenvalue weighted by Crippen LogP contribution is 2.44. The van der Waals surface area contributed by atoms with Crippen molar-refractivity contribution in [3.05, 3.63) is 0 Å². The van der Waals surface area contributed by atoms with E-state index in [1.54, 1.807) is 14.2 Å². The van der Waals surface area contributed by atoms with Gasteiger partial charge in [0.05, 0.1) is 24.2 Å². The van der Waals surface area contributed by atoms with Gasteiger partial charge in [-0.2, -0.15) is 0 Å². The van der Waals surface area contributed by atoms with Crippen LogP contribution < -0.4 is 0 Å². The van der Waals surface area contributed by atoms with Crippen LogP contribution in [0.2, 0.25) is 0 Å². The number of carbonyl (C=O) groups is 2. The van der Waals surface area contributed by atoms with Gasteiger partial charge in [0, 0.05) is 33.1 Å². The van der Waals surface area contributed by atoms with E-state index in [1.165, 1.54) is 0 Å². The molecule has 0 spiro atoms. The van der Waals surface area contributed by atoms with Crippen molar-refractivity contribution in [2.24, 2.45) is 11.3 Å². The van der Waals surface area contributed by atoms with Gasteiger partial charge in [-0.25, -0.2) is 0 Å². The molecule has 1 saturated carbocycles. The first-order valence-corrected chi connectivity index (χ1v) is 8.35. The number of hydrogen-bond acceptors (Lipinski definition) is 4. The molecular weight excluding hydrogens is 282 g/mol. The molecule has 0 N–H and O–H groups in total. The third-order valence-corrected chi connectivity index (χ3v) is 5.56. The lowest BCUT2D eigenvalue weighted by Gasteiger charge is -2.45. The Hall–Kier alpha value is -0.940. The van der Waals surface area contributed by atoms with Crippen LogP contribution in [-0.4, -0.2) is 56.1 Å². The fourth-order valence-corrected chi connectivity index (χ4v) is 4.18. The van der Waals surface area contributed by atoms with E-state index in [0.29, 0.717) is 25.9 Å². The van der Waals surface area contributed by atoms with E-state index in [-0.39, 0.29) is 29.8 Å². The second-order valence-electron chi connectivity index (χ2n) is 6.76. The van der Waals surface area contributed by atoms with Crippen LogP contribution in [0.3, 0.4) is 0 Å². The summed E-state index contributed by atoms with van der Waals surface area (Å²) in [6.07, 6.45) is 3.35. The van der Waals surface area contributed by atoms with Gasteiger partial charge in [0.15, 0.2) is 0 Å². The van der Waals surface area contributed by atoms with E-state index in [0.717, 1.165) is 19.4 Å². The summed E-state index contributed by atoms with van der Waals surface area (Å²) in [4.78, 5) is 27.4. The Morgan fingerprint density at radius 1 is 1.41 bits per heavy atom. The number of rotatable bonds is 5. The number of ketones is 1. The number of ether oxygens (including phenoxy) is 2. The summed E-state index contributed by atoms with van der Waals surface area (Å²) in [6, 6.07) is 0.159. The van der Waals surface area contributed by atoms with Crippen molar-refractivity contribution < 1.29 is 19.1 Å². The summed E-state index contributed by atoms with van der Waals surface area (Å²) < 4.78 is 10.9. The number of carbonyl (C=O) groups excluding carboxylic acids is 2. The van der Waals surface area contributed by atoms with Crippen LogP contribution in [0.1, 0.15) is 46.0 Å². The zero-order valence-corrected chi connectivity index (χ0v) is 14.3. The Morgan fingerprint density at radius 2 is 2.14 bits per heavy atom. The molecule has 1 saturated heterocycles. The average molecular weight is 311 g/mol. The first-order valence-electron chi connectivity index (χ1n) is 8.35. The number of likely N-dealkylation sites (tertiary alicyclic amines) is 1. The first-order chi connectivity index (χ1) is 10.5. The molecule has 0 unspecified atom stereocenters. The molecule has 22 heavy (non-hydrogen) atoms. The summed E-state index contributed by atoms with van der Waals surface area (Å²) in [5, 5.41) is 0. The summed E-state index contributed by atoms with van der Waals surface area (Å²) in [7, 11) is 3.29. The molecule has 1 aliphatic carbocycles. The van der Waals surface area contributed by atoms with Crippen LogP contribution in [0.15, 0.2) is 0 Å². The minimum absolute atomic E-state index is 0.0706. The molecule has 1 heterocycles. The molecule has 2 rings (SSSR count). The van der Waals surface area contributed by atoms with Gasteiger partial charge in [-0.3, -0.25) is 9.59 Å². The van der Waals surface area contributed by atoms with Gasteiger partial charge in [0.25, 0.3) is 0 Å². The predicted molar refractivity (Wildman–Crippen MR) is 83.5 cm³/mol. The van der Waals surface area contributed by atoms with Gasteiger partial charge in [-0.1, -0.05) is 13.8 Å². The van der Waals surface area contributed by atoms with Crippen molar-refractivity contribution in [1.82, 2.24) is 4.90 Å². The average Bonchev–Trinajstić information content (AvgIpc) is 2.97. The smallest absolute Gasteiger partial charge is 0.231 e. The summed E-state index contributed by atoms with van der Waals surface area (Å²) in [6.45, 7) is 5.33. The van der Waals surface area contributed by atoms with Crippen LogP contribution >= 0.6 is 0 Å². The fourth-order valence-electron chi connectivity index (χ4n) is 4.18. The van der Waals surface area contributed by atoms with E-state index >= 15 is 0 Å². The van der Waals surface area contributed by atoms with Crippen LogP contribution in [0.5, 0.6) is 0 Å². The van der Waals surface area contributed by atoms with Crippen molar-refractivity contribution in [3.63, 3.8) is 0 Å². The van der Waals surface area contributed by atoms with E-state index in [9.17, 15) is 9.59 Å². The Balaban J connectivity index is 2.27. The molecule has 0 aromatic rings. The largest absolute Gasteiger partial charge is 0.383 e. The van der Waals surface area contributed by atoms with Gasteiger partial charge >= 0.3 is 0 Å². The maximum atomic E-state index is 13.3. The zero-order valence-electron chi connectivity index (χ0n) is 14.3. The van der Waals surface area contributed by atoms with Gasteiger partial charge in [-0.05, 0) is 25.7 Å². The van der Waals surface area contributed by atoms with Crippen molar-refractivity contribution in [1.29, 1.82) is 0 Å². The van der Waals surface area contributed by atoms with Gasteiger partial charge < -0.3 is 14.4 Å². The SMILES string of the molecule is CC[C@@]1(C(=O)N2CCC[C@H]2COC)C[C@H](C)C(=O)C[C@@H]1OC. The Morgan fingerprint density at radius 3 is 2.73 bits per heavy atom. The second-order valence-corrected chi connectivity index (χ2v) is 6.76. The summed E-state index contributed by atoms with van der Waals surface area (Å²) in [5.41, 5.74) is -0.571. The van der Waals surface area contributed by atoms with Crippen molar-refractivity contribution in [3.8, 4) is 0 Å². The van der Waals surface area contributed by atoms with Gasteiger partial charge in [-0.15, -0.1) is 0 Å². The maximum absolute atomic E-state index is 13.3. The predicted octanol–water partition coefficient (Wildman–Crippen LogP) is 2.03. The first kappa shape index (κ1) is 17.4. The Bertz CT molecular complexity index is 425. The van der Waals surface area contributed by atoms with Crippen LogP contribution in [-0.2, 0) is 19.1 Å². The molecule has 0 aromatic heterocycles. The molecule has 126 valence electrons. The van der Waals surface area contributed by atoms with E-state index in [2.05, 4.69) is 0 Å². The topological polar surface area (TPSA) is 55.8 Å². The minimum Gasteiger partial charge on any atom is -0.383 e. The number of amides is 1. The number of Topliss-reactive ketones (excluding diaryl/α,β-unsaturated/α-hetero) is 1. The summed E-state index contributed by atoms with van der Waals surface area (Å²) in [5.74, 6) is 0.290. The second kappa shape index (κ2) is 7.09. The van der Waals surface area contributed by atoms with Crippen molar-refractivity contribution in [2.75, 3.05) is 27.4 Å². The molecule has 0 aromatic carbocycles. The Labute approximate surface area is 133 Å². The lowest BCUT2D eigenvalue weighted by atomic mass is 9.65. The molecule has 2 fully saturated rings. The normalized spacial score (nSPS) is 35.9. The molecular formula is C17H29NO4. The maximum Gasteiger partial charge on any atom is 0.231 e. The minimum atomic E-state index is -0.571. The van der Waals surface area contributed by atoms with E-state index in [4.69, 9.17) is 9.47 Å². The monoisotopic (exact) mass is 311 g/mol. The van der Waals surface area contributed by atoms with E-state index < -0.39 is 5.41 Å². The van der Waals surface area contributed by atoms with Gasteiger partial charge in [0.1, 0.15) is 5.78 Å². The fraction of sp³-hybridized carbons (Fsp3) is 0.882. The third kappa shape index (κ3) is 2.93. The molecule has 0 radical (unpaired) electrons. The standard InChI is InChI=1S/C17H29NO4/c1-5-17(10-12(2)14(19)9-15(17)22-4)16(20)18-8-6-7-13(18)11-21-3/h12-13,15H,5-11H2,1-4H3/t12-,13-,15-,17+/m0/s1. The van der Waals surface area contributed by atoms with Crippen LogP contribution in [0, 0.1) is 11.3 Å². The number of methoxy groups -OCH3 is 2. The van der Waals surface area contributed by atoms with Gasteiger partial charge in [0.2, 0.25) is 5.91 Å². The third-order valence-electron chi connectivity index (χ3n) is 5.56. The van der Waals surface area contributed by atoms with Crippen LogP contribution in [0.4, 0.5) is 0 Å². The molecule has 0 bridgehead atoms. The Kier molecular flexibility index (Phi) is 5.61. The molecule has 5 nitrogen and oxygen atoms in total. The lowest BCUT2D eigenvalue weighted by molar-refractivity contribution is -0.163. The molecule has 1 aliphatic heterocycles. The zero-order chi connectivity index (χ0) is 16.3. The summed E-state index contributed by atoms with van der Waals surface area (Å²) >= 11 is 0.